The van der Waals surface area contributed by atoms with Crippen molar-refractivity contribution in [2.75, 3.05) is 0 Å². The normalized spacial score (nSPS) is 23.8. The zero-order valence-corrected chi connectivity index (χ0v) is 11.6. The highest BCUT2D eigenvalue weighted by molar-refractivity contribution is 8.15. The summed E-state index contributed by atoms with van der Waals surface area (Å²) in [5.41, 5.74) is 1.82. The summed E-state index contributed by atoms with van der Waals surface area (Å²) in [7, 11) is 0. The van der Waals surface area contributed by atoms with E-state index < -0.39 is 4.75 Å². The number of benzene rings is 1. The zero-order chi connectivity index (χ0) is 13.2. The van der Waals surface area contributed by atoms with Crippen LogP contribution in [0.1, 0.15) is 32.3 Å². The molecule has 2 nitrogen and oxygen atoms in total. The molecule has 0 saturated heterocycles. The summed E-state index contributed by atoms with van der Waals surface area (Å²) in [4.78, 5) is 11.6. The number of aryl methyl sites for hydroxylation is 1. The molecule has 96 valence electrons. The van der Waals surface area contributed by atoms with Crippen molar-refractivity contribution in [2.45, 2.75) is 37.9 Å². The van der Waals surface area contributed by atoms with Crippen molar-refractivity contribution >= 4 is 16.9 Å². The van der Waals surface area contributed by atoms with Gasteiger partial charge >= 0.3 is 0 Å². The molecule has 1 aliphatic rings. The second-order valence-corrected chi connectivity index (χ2v) is 6.41. The van der Waals surface area contributed by atoms with E-state index >= 15 is 0 Å². The maximum atomic E-state index is 11.6. The van der Waals surface area contributed by atoms with Gasteiger partial charge in [0, 0.05) is 5.57 Å². The van der Waals surface area contributed by atoms with Crippen molar-refractivity contribution in [3.8, 4) is 0 Å². The number of carbonyl (C=O) groups excluding carboxylic acids is 1. The summed E-state index contributed by atoms with van der Waals surface area (Å²) in [6.45, 7) is 3.65. The molecule has 0 aliphatic carbocycles. The van der Waals surface area contributed by atoms with Crippen molar-refractivity contribution < 1.29 is 9.90 Å². The Morgan fingerprint density at radius 3 is 2.50 bits per heavy atom. The lowest BCUT2D eigenvalue weighted by atomic mass is 9.97. The van der Waals surface area contributed by atoms with Gasteiger partial charge in [-0.1, -0.05) is 42.1 Å². The minimum atomic E-state index is -0.421. The molecule has 1 heterocycles. The Morgan fingerprint density at radius 2 is 1.94 bits per heavy atom. The first kappa shape index (κ1) is 13.2. The third-order valence-electron chi connectivity index (χ3n) is 3.44. The Morgan fingerprint density at radius 1 is 1.28 bits per heavy atom. The van der Waals surface area contributed by atoms with Crippen LogP contribution in [0.4, 0.5) is 0 Å². The number of thioether (sulfide) groups is 1. The largest absolute Gasteiger partial charge is 0.510 e. The van der Waals surface area contributed by atoms with E-state index in [4.69, 9.17) is 0 Å². The van der Waals surface area contributed by atoms with Crippen LogP contribution < -0.4 is 0 Å². The van der Waals surface area contributed by atoms with Crippen LogP contribution in [0.2, 0.25) is 0 Å². The maximum absolute atomic E-state index is 11.6. The van der Waals surface area contributed by atoms with Crippen molar-refractivity contribution in [1.29, 1.82) is 0 Å². The number of rotatable bonds is 4. The predicted octanol–water partition coefficient (Wildman–Crippen LogP) is 3.87. The Bertz CT molecular complexity index is 479. The first-order valence-corrected chi connectivity index (χ1v) is 7.02. The molecule has 1 unspecified atom stereocenters. The van der Waals surface area contributed by atoms with Gasteiger partial charge in [-0.15, -0.1) is 0 Å². The van der Waals surface area contributed by atoms with Crippen molar-refractivity contribution in [2.24, 2.45) is 0 Å². The molecule has 0 fully saturated rings. The average molecular weight is 262 g/mol. The molecule has 0 spiro atoms. The van der Waals surface area contributed by atoms with Gasteiger partial charge in [-0.05, 0) is 38.7 Å². The Balaban J connectivity index is 1.93. The highest BCUT2D eigenvalue weighted by Crippen LogP contribution is 2.45. The minimum Gasteiger partial charge on any atom is -0.510 e. The molecule has 2 rings (SSSR count). The summed E-state index contributed by atoms with van der Waals surface area (Å²) in [6.07, 6.45) is 2.77. The fourth-order valence-electron chi connectivity index (χ4n) is 2.27. The van der Waals surface area contributed by atoms with Crippen LogP contribution in [0, 0.1) is 0 Å². The SMILES string of the molecule is CC1=C(O)C(C)(CCCc2ccccc2)SC1=O. The van der Waals surface area contributed by atoms with Gasteiger partial charge < -0.3 is 5.11 Å². The maximum Gasteiger partial charge on any atom is 0.219 e. The molecule has 1 N–H and O–H groups in total. The minimum absolute atomic E-state index is 0.00899. The molecule has 3 heteroatoms. The van der Waals surface area contributed by atoms with E-state index in [-0.39, 0.29) is 10.9 Å². The third-order valence-corrected chi connectivity index (χ3v) is 4.78. The first-order valence-electron chi connectivity index (χ1n) is 6.20. The van der Waals surface area contributed by atoms with Crippen LogP contribution in [0.3, 0.4) is 0 Å². The molecule has 1 atom stereocenters. The fraction of sp³-hybridized carbons (Fsp3) is 0.400. The molecule has 0 aromatic heterocycles. The van der Waals surface area contributed by atoms with E-state index in [1.54, 1.807) is 6.92 Å². The summed E-state index contributed by atoms with van der Waals surface area (Å²) < 4.78 is -0.421. The molecule has 18 heavy (non-hydrogen) atoms. The molecule has 0 saturated carbocycles. The topological polar surface area (TPSA) is 37.3 Å². The van der Waals surface area contributed by atoms with Gasteiger partial charge in [0.2, 0.25) is 5.12 Å². The van der Waals surface area contributed by atoms with E-state index in [9.17, 15) is 9.90 Å². The number of carbonyl (C=O) groups is 1. The van der Waals surface area contributed by atoms with Crippen LogP contribution in [-0.4, -0.2) is 15.0 Å². The van der Waals surface area contributed by atoms with Gasteiger partial charge in [0.05, 0.1) is 4.75 Å². The quantitative estimate of drug-likeness (QED) is 0.895. The Labute approximate surface area is 112 Å². The Kier molecular flexibility index (Phi) is 3.81. The first-order chi connectivity index (χ1) is 8.53. The highest BCUT2D eigenvalue weighted by atomic mass is 32.2. The number of aliphatic hydroxyl groups excluding tert-OH is 1. The monoisotopic (exact) mass is 262 g/mol. The van der Waals surface area contributed by atoms with Crippen LogP contribution in [0.5, 0.6) is 0 Å². The smallest absolute Gasteiger partial charge is 0.219 e. The van der Waals surface area contributed by atoms with Gasteiger partial charge in [-0.2, -0.15) is 0 Å². The van der Waals surface area contributed by atoms with Crippen molar-refractivity contribution in [3.63, 3.8) is 0 Å². The summed E-state index contributed by atoms with van der Waals surface area (Å²) >= 11 is 1.26. The summed E-state index contributed by atoms with van der Waals surface area (Å²) in [5, 5.41) is 10.0. The van der Waals surface area contributed by atoms with Gasteiger partial charge in [-0.3, -0.25) is 4.79 Å². The second kappa shape index (κ2) is 5.19. The fourth-order valence-corrected chi connectivity index (χ4v) is 3.42. The highest BCUT2D eigenvalue weighted by Gasteiger charge is 2.41. The van der Waals surface area contributed by atoms with Crippen LogP contribution in [0.25, 0.3) is 0 Å². The van der Waals surface area contributed by atoms with Crippen molar-refractivity contribution in [3.05, 3.63) is 47.2 Å². The third kappa shape index (κ3) is 2.61. The lowest BCUT2D eigenvalue weighted by molar-refractivity contribution is -0.107. The van der Waals surface area contributed by atoms with Gasteiger partial charge in [-0.25, -0.2) is 0 Å². The van der Waals surface area contributed by atoms with E-state index in [1.165, 1.54) is 17.3 Å². The number of hydrogen-bond acceptors (Lipinski definition) is 3. The molecule has 0 bridgehead atoms. The molecule has 1 aromatic carbocycles. The number of hydrogen-bond donors (Lipinski definition) is 1. The molecular formula is C15H18O2S. The number of aliphatic hydroxyl groups is 1. The van der Waals surface area contributed by atoms with E-state index in [0.717, 1.165) is 19.3 Å². The van der Waals surface area contributed by atoms with Crippen LogP contribution in [-0.2, 0) is 11.2 Å². The molecule has 0 amide bonds. The van der Waals surface area contributed by atoms with Gasteiger partial charge in [0.15, 0.2) is 0 Å². The molecular weight excluding hydrogens is 244 g/mol. The lowest BCUT2D eigenvalue weighted by Crippen LogP contribution is -2.20. The molecule has 1 aromatic rings. The summed E-state index contributed by atoms with van der Waals surface area (Å²) in [5.74, 6) is 0.269. The lowest BCUT2D eigenvalue weighted by Gasteiger charge is -2.22. The Hall–Kier alpha value is -1.22. The van der Waals surface area contributed by atoms with Crippen LogP contribution >= 0.6 is 11.8 Å². The van der Waals surface area contributed by atoms with Gasteiger partial charge in [0.1, 0.15) is 5.76 Å². The molecule has 1 aliphatic heterocycles. The standard InChI is InChI=1S/C15H18O2S/c1-11-13(16)15(2,18-14(11)17)10-6-9-12-7-4-3-5-8-12/h3-5,7-8,16H,6,9-10H2,1-2H3. The average Bonchev–Trinajstić information content (AvgIpc) is 2.55. The van der Waals surface area contributed by atoms with Crippen LogP contribution in [0.15, 0.2) is 41.7 Å². The molecule has 0 radical (unpaired) electrons. The van der Waals surface area contributed by atoms with E-state index in [2.05, 4.69) is 12.1 Å². The predicted molar refractivity (Wildman–Crippen MR) is 75.7 cm³/mol. The van der Waals surface area contributed by atoms with Gasteiger partial charge in [0.25, 0.3) is 0 Å². The zero-order valence-electron chi connectivity index (χ0n) is 10.8. The summed E-state index contributed by atoms with van der Waals surface area (Å²) in [6, 6.07) is 10.3. The second-order valence-electron chi connectivity index (χ2n) is 4.93. The van der Waals surface area contributed by atoms with E-state index in [0.29, 0.717) is 5.57 Å². The van der Waals surface area contributed by atoms with E-state index in [1.807, 2.05) is 25.1 Å². The van der Waals surface area contributed by atoms with Crippen molar-refractivity contribution in [1.82, 2.24) is 0 Å².